The number of carbonyl (C=O) groups is 1. The zero-order valence-corrected chi connectivity index (χ0v) is 21.6. The highest BCUT2D eigenvalue weighted by Gasteiger charge is 2.37. The van der Waals surface area contributed by atoms with Gasteiger partial charge in [0.15, 0.2) is 5.82 Å². The van der Waals surface area contributed by atoms with Crippen molar-refractivity contribution in [2.45, 2.75) is 18.2 Å². The molecule has 0 N–H and O–H groups in total. The summed E-state index contributed by atoms with van der Waals surface area (Å²) in [6.45, 7) is -0.0842. The fourth-order valence-electron chi connectivity index (χ4n) is 3.72. The molecule has 1 aromatic heterocycles. The van der Waals surface area contributed by atoms with Gasteiger partial charge in [-0.25, -0.2) is 4.79 Å². The average Bonchev–Trinajstić information content (AvgIpc) is 2.86. The van der Waals surface area contributed by atoms with Crippen molar-refractivity contribution in [1.29, 1.82) is 0 Å². The summed E-state index contributed by atoms with van der Waals surface area (Å²) >= 11 is 11.6. The van der Waals surface area contributed by atoms with Crippen LogP contribution >= 0.6 is 23.2 Å². The predicted molar refractivity (Wildman–Crippen MR) is 135 cm³/mol. The van der Waals surface area contributed by atoms with E-state index in [1.165, 1.54) is 60.7 Å². The van der Waals surface area contributed by atoms with Crippen molar-refractivity contribution >= 4 is 57.6 Å². The maximum absolute atomic E-state index is 13.9. The summed E-state index contributed by atoms with van der Waals surface area (Å²) in [5.41, 5.74) is 1.01. The van der Waals surface area contributed by atoms with Gasteiger partial charge in [0.05, 0.1) is 37.9 Å². The summed E-state index contributed by atoms with van der Waals surface area (Å²) in [7, 11) is 2.83. The summed E-state index contributed by atoms with van der Waals surface area (Å²) < 4.78 is 22.7. The Labute approximate surface area is 218 Å². The molecule has 0 bridgehead atoms. The second kappa shape index (κ2) is 10.3. The lowest BCUT2D eigenvalue weighted by molar-refractivity contribution is -0.384. The number of methoxy groups -OCH3 is 2. The molecule has 0 saturated heterocycles. The molecule has 2 aromatic carbocycles. The number of aromatic nitrogens is 2. The van der Waals surface area contributed by atoms with Crippen molar-refractivity contribution in [3.63, 3.8) is 0 Å². The molecule has 1 aliphatic rings. The van der Waals surface area contributed by atoms with E-state index in [4.69, 9.17) is 32.7 Å². The maximum atomic E-state index is 13.9. The van der Waals surface area contributed by atoms with Crippen LogP contribution in [0, 0.1) is 10.1 Å². The van der Waals surface area contributed by atoms with E-state index >= 15 is 0 Å². The zero-order chi connectivity index (χ0) is 26.1. The summed E-state index contributed by atoms with van der Waals surface area (Å²) in [5, 5.41) is 11.5. The minimum absolute atomic E-state index is 0.00794. The first-order valence-electron chi connectivity index (χ1n) is 10.3. The lowest BCUT2D eigenvalue weighted by Gasteiger charge is -2.37. The number of carbonyl (C=O) groups excluding carboxylic acids is 1. The Kier molecular flexibility index (Phi) is 7.41. The van der Waals surface area contributed by atoms with Crippen LogP contribution in [-0.4, -0.2) is 46.0 Å². The van der Waals surface area contributed by atoms with Crippen molar-refractivity contribution in [3.8, 4) is 11.5 Å². The molecule has 1 unspecified atom stereocenters. The van der Waals surface area contributed by atoms with Gasteiger partial charge in [0.2, 0.25) is 0 Å². The first-order valence-corrected chi connectivity index (χ1v) is 12.6. The van der Waals surface area contributed by atoms with Crippen molar-refractivity contribution < 1.29 is 23.7 Å². The molecule has 2 heterocycles. The number of anilines is 2. The highest BCUT2D eigenvalue weighted by Crippen LogP contribution is 2.48. The molecular formula is C22H19Cl2N5O6S. The average molecular weight is 552 g/mol. The number of non-ortho nitro benzene ring substituents is 1. The first kappa shape index (κ1) is 25.8. The smallest absolute Gasteiger partial charge is 0.344 e. The first-order chi connectivity index (χ1) is 17.2. The summed E-state index contributed by atoms with van der Waals surface area (Å²) in [6, 6.07) is 6.81. The van der Waals surface area contributed by atoms with Crippen LogP contribution in [-0.2, 0) is 24.3 Å². The van der Waals surface area contributed by atoms with E-state index in [0.29, 0.717) is 11.1 Å². The molecule has 0 radical (unpaired) electrons. The predicted octanol–water partition coefficient (Wildman–Crippen LogP) is 4.59. The maximum Gasteiger partial charge on any atom is 0.344 e. The van der Waals surface area contributed by atoms with Gasteiger partial charge in [-0.3, -0.25) is 19.9 Å². The molecule has 1 atom stereocenters. The highest BCUT2D eigenvalue weighted by molar-refractivity contribution is 7.90. The van der Waals surface area contributed by atoms with Gasteiger partial charge in [0.25, 0.3) is 5.69 Å². The third-order valence-corrected chi connectivity index (χ3v) is 6.85. The highest BCUT2D eigenvalue weighted by atomic mass is 35.5. The molecule has 0 fully saturated rings. The second-order valence-corrected chi connectivity index (χ2v) is 9.62. The number of amides is 2. The number of nitrogens with zero attached hydrogens (tertiary/aromatic N) is 5. The number of nitro benzene ring substituents is 1. The van der Waals surface area contributed by atoms with Gasteiger partial charge in [-0.05, 0) is 5.56 Å². The Morgan fingerprint density at radius 3 is 2.42 bits per heavy atom. The molecule has 0 saturated carbocycles. The van der Waals surface area contributed by atoms with E-state index in [1.807, 2.05) is 0 Å². The Morgan fingerprint density at radius 1 is 1.17 bits per heavy atom. The molecule has 188 valence electrons. The van der Waals surface area contributed by atoms with Crippen LogP contribution in [0.25, 0.3) is 0 Å². The molecule has 14 heteroatoms. The molecular weight excluding hydrogens is 533 g/mol. The molecule has 0 aliphatic carbocycles. The van der Waals surface area contributed by atoms with Crippen molar-refractivity contribution in [2.24, 2.45) is 0 Å². The molecule has 36 heavy (non-hydrogen) atoms. The van der Waals surface area contributed by atoms with E-state index < -0.39 is 22.1 Å². The topological polar surface area (TPSA) is 134 Å². The van der Waals surface area contributed by atoms with Gasteiger partial charge in [0.1, 0.15) is 27.8 Å². The van der Waals surface area contributed by atoms with Gasteiger partial charge in [-0.2, -0.15) is 9.97 Å². The lowest BCUT2D eigenvalue weighted by Crippen LogP contribution is -2.48. The van der Waals surface area contributed by atoms with E-state index in [0.717, 1.165) is 0 Å². The Balaban J connectivity index is 1.87. The number of halogens is 2. The van der Waals surface area contributed by atoms with Gasteiger partial charge in [0, 0.05) is 41.1 Å². The number of hydrogen-bond acceptors (Lipinski definition) is 8. The number of hydrogen-bond donors (Lipinski definition) is 0. The molecule has 3 aromatic rings. The molecule has 2 amide bonds. The van der Waals surface area contributed by atoms with Crippen molar-refractivity contribution in [1.82, 2.24) is 9.97 Å². The fourth-order valence-corrected chi connectivity index (χ4v) is 4.84. The monoisotopic (exact) mass is 551 g/mol. The SMILES string of the molecule is COc1cc(OC)c(Cl)c(N2Cc3cnc([S+](C)[O-])nc3N(Cc3cccc([N+](=O)[O-])c3)C2=O)c1Cl. The summed E-state index contributed by atoms with van der Waals surface area (Å²) in [5.74, 6) is 0.708. The number of fused-ring (bicyclic) bond motifs is 1. The minimum Gasteiger partial charge on any atom is -0.609 e. The quantitative estimate of drug-likeness (QED) is 0.180. The summed E-state index contributed by atoms with van der Waals surface area (Å²) in [6.07, 6.45) is 2.89. The molecule has 4 rings (SSSR count). The van der Waals surface area contributed by atoms with Crippen molar-refractivity contribution in [3.05, 3.63) is 67.8 Å². The van der Waals surface area contributed by atoms with Gasteiger partial charge in [-0.1, -0.05) is 35.3 Å². The third-order valence-electron chi connectivity index (χ3n) is 5.41. The van der Waals surface area contributed by atoms with Gasteiger partial charge in [-0.15, -0.1) is 0 Å². The number of urea groups is 1. The molecule has 1 aliphatic heterocycles. The van der Waals surface area contributed by atoms with Crippen LogP contribution < -0.4 is 19.3 Å². The zero-order valence-electron chi connectivity index (χ0n) is 19.2. The largest absolute Gasteiger partial charge is 0.609 e. The molecule has 0 spiro atoms. The number of ether oxygens (including phenoxy) is 2. The standard InChI is InChI=1S/C22H19Cl2N5O6S/c1-34-15-8-16(35-2)18(24)19(17(15)23)27-11-13-9-25-21(36(3)33)26-20(13)28(22(27)30)10-12-5-4-6-14(7-12)29(31)32/h4-9H,10-11H2,1-3H3. The van der Waals surface area contributed by atoms with E-state index in [1.54, 1.807) is 6.07 Å². The normalized spacial score (nSPS) is 13.9. The van der Waals surface area contributed by atoms with E-state index in [-0.39, 0.29) is 57.0 Å². The Hall–Kier alpha value is -3.32. The Morgan fingerprint density at radius 2 is 1.83 bits per heavy atom. The van der Waals surface area contributed by atoms with Crippen LogP contribution in [0.1, 0.15) is 11.1 Å². The van der Waals surface area contributed by atoms with Crippen LogP contribution in [0.15, 0.2) is 41.7 Å². The summed E-state index contributed by atoms with van der Waals surface area (Å²) in [4.78, 5) is 35.8. The van der Waals surface area contributed by atoms with Gasteiger partial charge < -0.3 is 14.0 Å². The Bertz CT molecular complexity index is 1330. The van der Waals surface area contributed by atoms with Gasteiger partial charge >= 0.3 is 11.2 Å². The minimum atomic E-state index is -1.51. The number of benzene rings is 2. The van der Waals surface area contributed by atoms with Crippen LogP contribution in [0.4, 0.5) is 22.0 Å². The third kappa shape index (κ3) is 4.72. The lowest BCUT2D eigenvalue weighted by atomic mass is 10.1. The second-order valence-electron chi connectivity index (χ2n) is 7.60. The van der Waals surface area contributed by atoms with Crippen molar-refractivity contribution in [2.75, 3.05) is 30.3 Å². The number of rotatable bonds is 7. The fraction of sp³-hybridized carbons (Fsp3) is 0.227. The molecule has 11 nitrogen and oxygen atoms in total. The van der Waals surface area contributed by atoms with E-state index in [2.05, 4.69) is 9.97 Å². The number of nitro groups is 1. The van der Waals surface area contributed by atoms with E-state index in [9.17, 15) is 19.5 Å². The van der Waals surface area contributed by atoms with Crippen LogP contribution in [0.3, 0.4) is 0 Å². The van der Waals surface area contributed by atoms with Crippen LogP contribution in [0.2, 0.25) is 10.0 Å². The van der Waals surface area contributed by atoms with Crippen LogP contribution in [0.5, 0.6) is 11.5 Å².